The average molecular weight is 490 g/mol. The monoisotopic (exact) mass is 489 g/mol. The first-order valence-corrected chi connectivity index (χ1v) is 11.8. The highest BCUT2D eigenvalue weighted by Crippen LogP contribution is 2.28. The van der Waals surface area contributed by atoms with Gasteiger partial charge in [-0.25, -0.2) is 13.8 Å². The molecular formula is C28H25F2N3O3. The molecule has 0 aliphatic carbocycles. The molecule has 1 aliphatic heterocycles. The maximum Gasteiger partial charge on any atom is 0.227 e. The van der Waals surface area contributed by atoms with Crippen LogP contribution in [0.4, 0.5) is 14.6 Å². The Kier molecular flexibility index (Phi) is 6.50. The molecule has 0 bridgehead atoms. The van der Waals surface area contributed by atoms with Crippen LogP contribution in [0.15, 0.2) is 65.2 Å². The zero-order chi connectivity index (χ0) is 25.2. The Morgan fingerprint density at radius 3 is 2.36 bits per heavy atom. The molecule has 4 aromatic rings. The minimum absolute atomic E-state index is 0.0466. The number of anilines is 1. The minimum Gasteiger partial charge on any atom is -0.450 e. The fraction of sp³-hybridized carbons (Fsp3) is 0.250. The molecule has 1 amide bonds. The second-order valence-corrected chi connectivity index (χ2v) is 8.93. The second kappa shape index (κ2) is 9.89. The number of aryl methyl sites for hydroxylation is 1. The van der Waals surface area contributed by atoms with Crippen LogP contribution in [0.2, 0.25) is 0 Å². The van der Waals surface area contributed by atoms with Crippen molar-refractivity contribution in [2.75, 3.05) is 31.1 Å². The number of ketones is 1. The number of carbonyl (C=O) groups excluding carboxylic acids is 2. The van der Waals surface area contributed by atoms with Crippen LogP contribution in [0.1, 0.15) is 27.2 Å². The Labute approximate surface area is 207 Å². The standard InChI is InChI=1S/C28H25F2N3O3/c1-18-21-6-4-8-23(30)28(21)36-27(18)24(34)15-19-9-10-25(31-17-19)32-11-13-33(14-12-32)26(35)16-20-5-2-3-7-22(20)29/h2-10,17H,11-16H2,1H3. The molecule has 6 nitrogen and oxygen atoms in total. The van der Waals surface area contributed by atoms with E-state index in [-0.39, 0.29) is 41.7 Å². The van der Waals surface area contributed by atoms with Crippen LogP contribution in [0.25, 0.3) is 11.0 Å². The largest absolute Gasteiger partial charge is 0.450 e. The lowest BCUT2D eigenvalue weighted by molar-refractivity contribution is -0.130. The van der Waals surface area contributed by atoms with Gasteiger partial charge in [0, 0.05) is 49.7 Å². The first-order valence-electron chi connectivity index (χ1n) is 11.8. The highest BCUT2D eigenvalue weighted by Gasteiger charge is 2.23. The van der Waals surface area contributed by atoms with Crippen molar-refractivity contribution in [2.24, 2.45) is 0 Å². The quantitative estimate of drug-likeness (QED) is 0.367. The highest BCUT2D eigenvalue weighted by molar-refractivity contribution is 6.01. The fourth-order valence-electron chi connectivity index (χ4n) is 4.55. The van der Waals surface area contributed by atoms with Crippen LogP contribution < -0.4 is 4.90 Å². The number of carbonyl (C=O) groups is 2. The Balaban J connectivity index is 1.18. The number of piperazine rings is 1. The molecule has 2 aromatic carbocycles. The summed E-state index contributed by atoms with van der Waals surface area (Å²) in [5.41, 5.74) is 1.85. The van der Waals surface area contributed by atoms with Gasteiger partial charge in [0.05, 0.1) is 6.42 Å². The predicted molar refractivity (Wildman–Crippen MR) is 132 cm³/mol. The smallest absolute Gasteiger partial charge is 0.227 e. The molecule has 0 saturated carbocycles. The van der Waals surface area contributed by atoms with E-state index in [9.17, 15) is 18.4 Å². The number of fused-ring (bicyclic) bond motifs is 1. The minimum atomic E-state index is -0.491. The SMILES string of the molecule is Cc1c(C(=O)Cc2ccc(N3CCN(C(=O)Cc4ccccc4F)CC3)nc2)oc2c(F)cccc12. The van der Waals surface area contributed by atoms with Gasteiger partial charge < -0.3 is 14.2 Å². The summed E-state index contributed by atoms with van der Waals surface area (Å²) >= 11 is 0. The van der Waals surface area contributed by atoms with E-state index in [2.05, 4.69) is 9.88 Å². The van der Waals surface area contributed by atoms with E-state index in [1.165, 1.54) is 12.1 Å². The number of furan rings is 1. The van der Waals surface area contributed by atoms with Gasteiger partial charge in [-0.1, -0.05) is 36.4 Å². The average Bonchev–Trinajstić information content (AvgIpc) is 3.24. The van der Waals surface area contributed by atoms with Gasteiger partial charge in [-0.05, 0) is 36.2 Å². The first kappa shape index (κ1) is 23.7. The molecule has 3 heterocycles. The Hall–Kier alpha value is -4.07. The van der Waals surface area contributed by atoms with Gasteiger partial charge in [-0.15, -0.1) is 0 Å². The molecule has 0 unspecified atom stereocenters. The third-order valence-electron chi connectivity index (χ3n) is 6.60. The number of Topliss-reactive ketones (excluding diaryl/α,β-unsaturated/α-hetero) is 1. The number of hydrogen-bond donors (Lipinski definition) is 0. The molecule has 2 aromatic heterocycles. The summed E-state index contributed by atoms with van der Waals surface area (Å²) in [5, 5.41) is 0.596. The lowest BCUT2D eigenvalue weighted by Crippen LogP contribution is -2.49. The highest BCUT2D eigenvalue weighted by atomic mass is 19.1. The summed E-state index contributed by atoms with van der Waals surface area (Å²) in [7, 11) is 0. The van der Waals surface area contributed by atoms with Gasteiger partial charge >= 0.3 is 0 Å². The maximum absolute atomic E-state index is 14.0. The van der Waals surface area contributed by atoms with Crippen molar-refractivity contribution in [3.63, 3.8) is 0 Å². The molecular weight excluding hydrogens is 464 g/mol. The van der Waals surface area contributed by atoms with Crippen molar-refractivity contribution in [1.82, 2.24) is 9.88 Å². The summed E-state index contributed by atoms with van der Waals surface area (Å²) < 4.78 is 33.4. The van der Waals surface area contributed by atoms with E-state index in [1.54, 1.807) is 48.4 Å². The third kappa shape index (κ3) is 4.71. The molecule has 0 spiro atoms. The van der Waals surface area contributed by atoms with Crippen molar-refractivity contribution >= 4 is 28.5 Å². The number of amides is 1. The Morgan fingerprint density at radius 1 is 0.917 bits per heavy atom. The molecule has 8 heteroatoms. The van der Waals surface area contributed by atoms with Gasteiger partial charge in [0.2, 0.25) is 11.7 Å². The predicted octanol–water partition coefficient (Wildman–Crippen LogP) is 4.73. The van der Waals surface area contributed by atoms with Crippen LogP contribution in [0, 0.1) is 18.6 Å². The molecule has 0 radical (unpaired) electrons. The number of nitrogens with zero attached hydrogens (tertiary/aromatic N) is 3. The number of pyridine rings is 1. The summed E-state index contributed by atoms with van der Waals surface area (Å²) in [6, 6.07) is 14.7. The van der Waals surface area contributed by atoms with E-state index >= 15 is 0 Å². The van der Waals surface area contributed by atoms with Gasteiger partial charge in [0.25, 0.3) is 0 Å². The Morgan fingerprint density at radius 2 is 1.67 bits per heavy atom. The van der Waals surface area contributed by atoms with Crippen LogP contribution in [0.5, 0.6) is 0 Å². The summed E-state index contributed by atoms with van der Waals surface area (Å²) in [4.78, 5) is 33.8. The molecule has 0 atom stereocenters. The van der Waals surface area contributed by atoms with E-state index in [4.69, 9.17) is 4.42 Å². The van der Waals surface area contributed by atoms with Crippen LogP contribution >= 0.6 is 0 Å². The summed E-state index contributed by atoms with van der Waals surface area (Å²) in [6.45, 7) is 4.02. The van der Waals surface area contributed by atoms with Crippen molar-refractivity contribution in [3.05, 3.63) is 94.9 Å². The lowest BCUT2D eigenvalue weighted by atomic mass is 10.1. The van der Waals surface area contributed by atoms with Crippen LogP contribution in [-0.2, 0) is 17.6 Å². The number of hydrogen-bond acceptors (Lipinski definition) is 5. The first-order chi connectivity index (χ1) is 17.4. The lowest BCUT2D eigenvalue weighted by Gasteiger charge is -2.35. The van der Waals surface area contributed by atoms with Gasteiger partial charge in [-0.2, -0.15) is 0 Å². The van der Waals surface area contributed by atoms with E-state index in [0.717, 1.165) is 11.4 Å². The van der Waals surface area contributed by atoms with Crippen molar-refractivity contribution < 1.29 is 22.8 Å². The topological polar surface area (TPSA) is 66.7 Å². The van der Waals surface area contributed by atoms with Gasteiger partial charge in [0.15, 0.2) is 17.2 Å². The van der Waals surface area contributed by atoms with Crippen molar-refractivity contribution in [2.45, 2.75) is 19.8 Å². The van der Waals surface area contributed by atoms with E-state index in [1.807, 2.05) is 12.1 Å². The van der Waals surface area contributed by atoms with Crippen LogP contribution in [0.3, 0.4) is 0 Å². The zero-order valence-corrected chi connectivity index (χ0v) is 19.8. The number of benzene rings is 2. The molecule has 0 N–H and O–H groups in total. The summed E-state index contributed by atoms with van der Waals surface area (Å²) in [5.74, 6) is -0.267. The number of halogens is 2. The van der Waals surface area contributed by atoms with Crippen molar-refractivity contribution in [1.29, 1.82) is 0 Å². The molecule has 184 valence electrons. The van der Waals surface area contributed by atoms with E-state index < -0.39 is 5.82 Å². The molecule has 36 heavy (non-hydrogen) atoms. The zero-order valence-electron chi connectivity index (χ0n) is 19.8. The molecule has 1 fully saturated rings. The van der Waals surface area contributed by atoms with Crippen molar-refractivity contribution in [3.8, 4) is 0 Å². The van der Waals surface area contributed by atoms with Gasteiger partial charge in [-0.3, -0.25) is 9.59 Å². The second-order valence-electron chi connectivity index (χ2n) is 8.93. The number of rotatable bonds is 6. The third-order valence-corrected chi connectivity index (χ3v) is 6.60. The normalized spacial score (nSPS) is 13.9. The van der Waals surface area contributed by atoms with Gasteiger partial charge in [0.1, 0.15) is 11.6 Å². The maximum atomic E-state index is 14.0. The molecule has 1 aliphatic rings. The number of aromatic nitrogens is 1. The Bertz CT molecular complexity index is 1420. The molecule has 5 rings (SSSR count). The number of para-hydroxylation sites is 1. The fourth-order valence-corrected chi connectivity index (χ4v) is 4.55. The van der Waals surface area contributed by atoms with E-state index in [0.29, 0.717) is 42.7 Å². The summed E-state index contributed by atoms with van der Waals surface area (Å²) in [6.07, 6.45) is 1.79. The molecule has 1 saturated heterocycles. The van der Waals surface area contributed by atoms with Crippen LogP contribution in [-0.4, -0.2) is 47.8 Å².